The molecular formula is C23H31N3O6. The van der Waals surface area contributed by atoms with Gasteiger partial charge in [-0.1, -0.05) is 13.8 Å². The molecule has 0 saturated carbocycles. The topological polar surface area (TPSA) is 118 Å². The molecule has 2 heterocycles. The van der Waals surface area contributed by atoms with Crippen LogP contribution in [0.1, 0.15) is 82.3 Å². The van der Waals surface area contributed by atoms with Gasteiger partial charge in [0.2, 0.25) is 11.9 Å². The predicted molar refractivity (Wildman–Crippen MR) is 118 cm³/mol. The number of benzene rings is 1. The van der Waals surface area contributed by atoms with Gasteiger partial charge in [-0.3, -0.25) is 9.69 Å². The molecule has 1 saturated heterocycles. The molecule has 2 aliphatic rings. The Morgan fingerprint density at radius 2 is 2.00 bits per heavy atom. The van der Waals surface area contributed by atoms with Gasteiger partial charge in [-0.2, -0.15) is 0 Å². The Labute approximate surface area is 187 Å². The summed E-state index contributed by atoms with van der Waals surface area (Å²) in [5.74, 6) is -0.622. The zero-order valence-electron chi connectivity index (χ0n) is 19.2. The number of carbonyl (C=O) groups excluding carboxylic acids is 2. The Morgan fingerprint density at radius 1 is 1.31 bits per heavy atom. The molecule has 0 radical (unpaired) electrons. The van der Waals surface area contributed by atoms with Gasteiger partial charge in [0, 0.05) is 17.5 Å². The molecule has 1 aromatic rings. The molecule has 0 aliphatic carbocycles. The number of nitrogens with one attached hydrogen (secondary N) is 1. The van der Waals surface area contributed by atoms with Crippen molar-refractivity contribution in [2.24, 2.45) is 4.99 Å². The number of rotatable bonds is 4. The van der Waals surface area contributed by atoms with Crippen LogP contribution in [0, 0.1) is 0 Å². The summed E-state index contributed by atoms with van der Waals surface area (Å²) in [7, 11) is 0. The molecule has 0 bridgehead atoms. The highest BCUT2D eigenvalue weighted by Crippen LogP contribution is 2.39. The number of nitrogens with zero attached hydrogens (tertiary/aromatic N) is 2. The molecule has 0 unspecified atom stereocenters. The lowest BCUT2D eigenvalue weighted by molar-refractivity contribution is -0.133. The second kappa shape index (κ2) is 8.80. The molecule has 9 nitrogen and oxygen atoms in total. The van der Waals surface area contributed by atoms with Crippen molar-refractivity contribution >= 4 is 23.9 Å². The van der Waals surface area contributed by atoms with Gasteiger partial charge in [-0.25, -0.2) is 9.59 Å². The summed E-state index contributed by atoms with van der Waals surface area (Å²) in [6, 6.07) is 4.06. The van der Waals surface area contributed by atoms with Crippen LogP contribution < -0.4 is 10.1 Å². The fourth-order valence-corrected chi connectivity index (χ4v) is 4.06. The van der Waals surface area contributed by atoms with Crippen LogP contribution in [0.5, 0.6) is 5.75 Å². The van der Waals surface area contributed by atoms with E-state index in [1.807, 2.05) is 13.8 Å². The van der Waals surface area contributed by atoms with E-state index in [1.165, 1.54) is 17.0 Å². The Balaban J connectivity index is 2.07. The van der Waals surface area contributed by atoms with Crippen LogP contribution in [0.2, 0.25) is 0 Å². The first-order valence-electron chi connectivity index (χ1n) is 10.9. The van der Waals surface area contributed by atoms with E-state index in [0.717, 1.165) is 0 Å². The number of hydrogen-bond donors (Lipinski definition) is 2. The highest BCUT2D eigenvalue weighted by atomic mass is 16.6. The first-order chi connectivity index (χ1) is 15.0. The summed E-state index contributed by atoms with van der Waals surface area (Å²) in [4.78, 5) is 43.1. The van der Waals surface area contributed by atoms with Crippen LogP contribution in [0.3, 0.4) is 0 Å². The van der Waals surface area contributed by atoms with Crippen molar-refractivity contribution in [1.82, 2.24) is 10.2 Å². The summed E-state index contributed by atoms with van der Waals surface area (Å²) in [5, 5.41) is 12.8. The first kappa shape index (κ1) is 23.6. The smallest absolute Gasteiger partial charge is 0.437 e. The second-order valence-electron chi connectivity index (χ2n) is 9.18. The van der Waals surface area contributed by atoms with Crippen LogP contribution in [0.4, 0.5) is 4.79 Å². The lowest BCUT2D eigenvalue weighted by atomic mass is 9.85. The summed E-state index contributed by atoms with van der Waals surface area (Å²) < 4.78 is 11.1. The van der Waals surface area contributed by atoms with E-state index in [2.05, 4.69) is 10.3 Å². The molecule has 1 atom stereocenters. The number of hydrogen-bond acceptors (Lipinski definition) is 5. The molecule has 2 aliphatic heterocycles. The molecule has 1 aromatic carbocycles. The van der Waals surface area contributed by atoms with Crippen molar-refractivity contribution in [3.63, 3.8) is 0 Å². The number of ether oxygens (including phenoxy) is 2. The van der Waals surface area contributed by atoms with E-state index in [-0.39, 0.29) is 23.9 Å². The zero-order valence-corrected chi connectivity index (χ0v) is 19.2. The van der Waals surface area contributed by atoms with Crippen LogP contribution in [0.15, 0.2) is 23.2 Å². The summed E-state index contributed by atoms with van der Waals surface area (Å²) in [6.45, 7) is 9.54. The van der Waals surface area contributed by atoms with Gasteiger partial charge in [-0.05, 0) is 51.8 Å². The third kappa shape index (κ3) is 4.87. The predicted octanol–water partition coefficient (Wildman–Crippen LogP) is 3.88. The highest BCUT2D eigenvalue weighted by molar-refractivity contribution is 6.04. The summed E-state index contributed by atoms with van der Waals surface area (Å²) in [5.41, 5.74) is -0.591. The van der Waals surface area contributed by atoms with Crippen LogP contribution >= 0.6 is 0 Å². The SMILES string of the molecule is CCC1(CC)CC(=O)N([C@@H]2CCOc3ccc(C(=O)O)cc32)/C(=N/C(=O)OC(C)(C)C)N1. The molecule has 9 heteroatoms. The van der Waals surface area contributed by atoms with Crippen molar-refractivity contribution in [3.8, 4) is 5.75 Å². The third-order valence-corrected chi connectivity index (χ3v) is 5.88. The van der Waals surface area contributed by atoms with Crippen molar-refractivity contribution in [1.29, 1.82) is 0 Å². The van der Waals surface area contributed by atoms with Gasteiger partial charge < -0.3 is 19.9 Å². The molecule has 3 rings (SSSR count). The number of fused-ring (bicyclic) bond motifs is 1. The van der Waals surface area contributed by atoms with Crippen molar-refractivity contribution in [3.05, 3.63) is 29.3 Å². The Hall–Kier alpha value is -3.10. The maximum absolute atomic E-state index is 13.4. The summed E-state index contributed by atoms with van der Waals surface area (Å²) in [6.07, 6.45) is 1.21. The second-order valence-corrected chi connectivity index (χ2v) is 9.18. The number of amides is 2. The van der Waals surface area contributed by atoms with Gasteiger partial charge in [0.05, 0.1) is 24.6 Å². The Kier molecular flexibility index (Phi) is 6.48. The van der Waals surface area contributed by atoms with Crippen LogP contribution in [0.25, 0.3) is 0 Å². The number of guanidine groups is 1. The van der Waals surface area contributed by atoms with Crippen molar-refractivity contribution < 1.29 is 29.0 Å². The Bertz CT molecular complexity index is 946. The minimum absolute atomic E-state index is 0.0961. The van der Waals surface area contributed by atoms with Gasteiger partial charge in [0.15, 0.2) is 0 Å². The number of carbonyl (C=O) groups is 3. The molecule has 2 amide bonds. The molecule has 32 heavy (non-hydrogen) atoms. The maximum Gasteiger partial charge on any atom is 0.437 e. The van der Waals surface area contributed by atoms with Gasteiger partial charge in [0.25, 0.3) is 0 Å². The van der Waals surface area contributed by atoms with Crippen LogP contribution in [-0.2, 0) is 9.53 Å². The summed E-state index contributed by atoms with van der Waals surface area (Å²) >= 11 is 0. The Morgan fingerprint density at radius 3 is 2.59 bits per heavy atom. The van der Waals surface area contributed by atoms with E-state index in [9.17, 15) is 19.5 Å². The fourth-order valence-electron chi connectivity index (χ4n) is 4.06. The molecule has 0 spiro atoms. The van der Waals surface area contributed by atoms with Crippen molar-refractivity contribution in [2.75, 3.05) is 6.61 Å². The first-order valence-corrected chi connectivity index (χ1v) is 10.9. The number of aromatic carboxylic acids is 1. The lowest BCUT2D eigenvalue weighted by Crippen LogP contribution is -2.63. The van der Waals surface area contributed by atoms with E-state index >= 15 is 0 Å². The quantitative estimate of drug-likeness (QED) is 0.722. The molecule has 174 valence electrons. The largest absolute Gasteiger partial charge is 0.493 e. The third-order valence-electron chi connectivity index (χ3n) is 5.88. The average molecular weight is 446 g/mol. The number of aliphatic imine (C=N–C) groups is 1. The van der Waals surface area contributed by atoms with Crippen molar-refractivity contribution in [2.45, 2.75) is 77.5 Å². The molecule has 2 N–H and O–H groups in total. The average Bonchev–Trinajstić information content (AvgIpc) is 2.71. The highest BCUT2D eigenvalue weighted by Gasteiger charge is 2.44. The van der Waals surface area contributed by atoms with Crippen LogP contribution in [-0.4, -0.2) is 51.7 Å². The van der Waals surface area contributed by atoms with Gasteiger partial charge in [-0.15, -0.1) is 4.99 Å². The molecular weight excluding hydrogens is 414 g/mol. The maximum atomic E-state index is 13.4. The fraction of sp³-hybridized carbons (Fsp3) is 0.565. The standard InChI is InChI=1S/C23H31N3O6/c1-6-23(7-2)13-18(27)26(20(25-23)24-21(30)32-22(3,4)5)16-10-11-31-17-9-8-14(19(28)29)12-15(16)17/h8-9,12,16H,6-7,10-11,13H2,1-5H3,(H,28,29)(H,24,25,30)/t16-/m1/s1. The van der Waals surface area contributed by atoms with Gasteiger partial charge in [0.1, 0.15) is 11.4 Å². The minimum Gasteiger partial charge on any atom is -0.493 e. The normalized spacial score (nSPS) is 21.4. The van der Waals surface area contributed by atoms with E-state index in [1.54, 1.807) is 26.8 Å². The molecule has 0 aromatic heterocycles. The zero-order chi connectivity index (χ0) is 23.7. The minimum atomic E-state index is -1.07. The van der Waals surface area contributed by atoms with E-state index < -0.39 is 29.2 Å². The molecule has 1 fully saturated rings. The monoisotopic (exact) mass is 445 g/mol. The van der Waals surface area contributed by atoms with E-state index in [0.29, 0.717) is 37.2 Å². The lowest BCUT2D eigenvalue weighted by Gasteiger charge is -2.46. The number of carboxylic acid groups (broad SMARTS) is 1. The van der Waals surface area contributed by atoms with E-state index in [4.69, 9.17) is 9.47 Å². The van der Waals surface area contributed by atoms with Gasteiger partial charge >= 0.3 is 12.1 Å². The number of carboxylic acids is 1.